The van der Waals surface area contributed by atoms with E-state index < -0.39 is 6.04 Å². The Balaban J connectivity index is 2.45. The van der Waals surface area contributed by atoms with Crippen LogP contribution in [0.25, 0.3) is 0 Å². The Hall–Kier alpha value is -0.940. The van der Waals surface area contributed by atoms with E-state index in [1.165, 1.54) is 11.3 Å². The summed E-state index contributed by atoms with van der Waals surface area (Å²) in [6.45, 7) is 6.02. The normalized spacial score (nSPS) is 14.8. The SMILES string of the molecule is CC(C)C[C@H](N)C(=O)NC(C)c1nccs1. The number of hydrogen-bond donors (Lipinski definition) is 2. The van der Waals surface area contributed by atoms with Gasteiger partial charge >= 0.3 is 0 Å². The zero-order valence-corrected chi connectivity index (χ0v) is 10.8. The van der Waals surface area contributed by atoms with E-state index in [9.17, 15) is 4.79 Å². The van der Waals surface area contributed by atoms with Gasteiger partial charge in [-0.05, 0) is 19.3 Å². The number of hydrogen-bond acceptors (Lipinski definition) is 4. The predicted octanol–water partition coefficient (Wildman–Crippen LogP) is 1.69. The van der Waals surface area contributed by atoms with Crippen LogP contribution in [0.2, 0.25) is 0 Å². The molecular formula is C11H19N3OS. The molecule has 0 radical (unpaired) electrons. The van der Waals surface area contributed by atoms with Crippen molar-refractivity contribution in [2.75, 3.05) is 0 Å². The van der Waals surface area contributed by atoms with Gasteiger partial charge in [-0.2, -0.15) is 0 Å². The van der Waals surface area contributed by atoms with Crippen molar-refractivity contribution in [1.82, 2.24) is 10.3 Å². The van der Waals surface area contributed by atoms with Gasteiger partial charge in [0.15, 0.2) is 0 Å². The summed E-state index contributed by atoms with van der Waals surface area (Å²) >= 11 is 1.53. The monoisotopic (exact) mass is 241 g/mol. The minimum atomic E-state index is -0.428. The molecular weight excluding hydrogens is 222 g/mol. The molecule has 3 N–H and O–H groups in total. The molecule has 0 bridgehead atoms. The van der Waals surface area contributed by atoms with Gasteiger partial charge in [0.1, 0.15) is 5.01 Å². The van der Waals surface area contributed by atoms with Crippen LogP contribution in [0.3, 0.4) is 0 Å². The summed E-state index contributed by atoms with van der Waals surface area (Å²) in [6, 6.07) is -0.492. The van der Waals surface area contributed by atoms with Crippen LogP contribution >= 0.6 is 11.3 Å². The molecule has 90 valence electrons. The van der Waals surface area contributed by atoms with Gasteiger partial charge in [-0.1, -0.05) is 13.8 Å². The highest BCUT2D eigenvalue weighted by molar-refractivity contribution is 7.09. The third-order valence-corrected chi connectivity index (χ3v) is 3.20. The zero-order chi connectivity index (χ0) is 12.1. The summed E-state index contributed by atoms with van der Waals surface area (Å²) in [7, 11) is 0. The van der Waals surface area contributed by atoms with Crippen LogP contribution < -0.4 is 11.1 Å². The molecule has 0 aliphatic carbocycles. The number of carbonyl (C=O) groups is 1. The number of carbonyl (C=O) groups excluding carboxylic acids is 1. The van der Waals surface area contributed by atoms with Crippen LogP contribution in [0.15, 0.2) is 11.6 Å². The van der Waals surface area contributed by atoms with Crippen molar-refractivity contribution in [3.05, 3.63) is 16.6 Å². The van der Waals surface area contributed by atoms with Crippen molar-refractivity contribution in [1.29, 1.82) is 0 Å². The van der Waals surface area contributed by atoms with Gasteiger partial charge < -0.3 is 11.1 Å². The Morgan fingerprint density at radius 2 is 2.25 bits per heavy atom. The third-order valence-electron chi connectivity index (χ3n) is 2.24. The Kier molecular flexibility index (Phi) is 4.89. The Morgan fingerprint density at radius 3 is 2.75 bits per heavy atom. The molecule has 0 spiro atoms. The van der Waals surface area contributed by atoms with E-state index in [1.54, 1.807) is 6.20 Å². The predicted molar refractivity (Wildman–Crippen MR) is 66.1 cm³/mol. The molecule has 1 amide bonds. The molecule has 5 heteroatoms. The molecule has 1 aromatic rings. The number of nitrogens with zero attached hydrogens (tertiary/aromatic N) is 1. The first-order valence-corrected chi connectivity index (χ1v) is 6.34. The van der Waals surface area contributed by atoms with Crippen LogP contribution in [0, 0.1) is 5.92 Å². The summed E-state index contributed by atoms with van der Waals surface area (Å²) in [5.41, 5.74) is 5.79. The molecule has 1 aromatic heterocycles. The van der Waals surface area contributed by atoms with Gasteiger partial charge in [0.05, 0.1) is 12.1 Å². The number of aromatic nitrogens is 1. The molecule has 0 fully saturated rings. The fourth-order valence-electron chi connectivity index (χ4n) is 1.45. The van der Waals surface area contributed by atoms with Crippen LogP contribution in [-0.4, -0.2) is 16.9 Å². The lowest BCUT2D eigenvalue weighted by atomic mass is 10.0. The highest BCUT2D eigenvalue weighted by Crippen LogP contribution is 2.15. The van der Waals surface area contributed by atoms with Crippen molar-refractivity contribution in [3.63, 3.8) is 0 Å². The summed E-state index contributed by atoms with van der Waals surface area (Å²) in [5, 5.41) is 5.67. The lowest BCUT2D eigenvalue weighted by Gasteiger charge is -2.17. The summed E-state index contributed by atoms with van der Waals surface area (Å²) in [5.74, 6) is 0.326. The van der Waals surface area contributed by atoms with Gasteiger partial charge in [-0.15, -0.1) is 11.3 Å². The molecule has 0 saturated heterocycles. The quantitative estimate of drug-likeness (QED) is 0.824. The first-order chi connectivity index (χ1) is 7.50. The zero-order valence-electron chi connectivity index (χ0n) is 9.93. The molecule has 2 atom stereocenters. The van der Waals surface area contributed by atoms with Gasteiger partial charge in [0.25, 0.3) is 0 Å². The minimum absolute atomic E-state index is 0.0642. The lowest BCUT2D eigenvalue weighted by Crippen LogP contribution is -2.42. The second-order valence-electron chi connectivity index (χ2n) is 4.34. The van der Waals surface area contributed by atoms with E-state index in [0.29, 0.717) is 12.3 Å². The maximum Gasteiger partial charge on any atom is 0.237 e. The average molecular weight is 241 g/mol. The van der Waals surface area contributed by atoms with Gasteiger partial charge in [-0.25, -0.2) is 4.98 Å². The van der Waals surface area contributed by atoms with Crippen molar-refractivity contribution in [3.8, 4) is 0 Å². The molecule has 0 aromatic carbocycles. The number of rotatable bonds is 5. The average Bonchev–Trinajstić information content (AvgIpc) is 2.68. The first kappa shape index (κ1) is 13.1. The maximum atomic E-state index is 11.7. The second-order valence-corrected chi connectivity index (χ2v) is 5.26. The van der Waals surface area contributed by atoms with Gasteiger partial charge in [-0.3, -0.25) is 4.79 Å². The molecule has 0 aliphatic heterocycles. The molecule has 0 saturated carbocycles. The highest BCUT2D eigenvalue weighted by atomic mass is 32.1. The first-order valence-electron chi connectivity index (χ1n) is 5.46. The Bertz CT molecular complexity index is 324. The van der Waals surface area contributed by atoms with Gasteiger partial charge in [0, 0.05) is 11.6 Å². The third kappa shape index (κ3) is 3.90. The smallest absolute Gasteiger partial charge is 0.237 e. The molecule has 1 unspecified atom stereocenters. The van der Waals surface area contributed by atoms with Crippen LogP contribution in [0.4, 0.5) is 0 Å². The second kappa shape index (κ2) is 5.96. The van der Waals surface area contributed by atoms with Crippen LogP contribution in [0.1, 0.15) is 38.2 Å². The van der Waals surface area contributed by atoms with E-state index in [1.807, 2.05) is 12.3 Å². The van der Waals surface area contributed by atoms with Crippen molar-refractivity contribution < 1.29 is 4.79 Å². The Morgan fingerprint density at radius 1 is 1.56 bits per heavy atom. The molecule has 1 rings (SSSR count). The highest BCUT2D eigenvalue weighted by Gasteiger charge is 2.18. The van der Waals surface area contributed by atoms with E-state index in [-0.39, 0.29) is 11.9 Å². The van der Waals surface area contributed by atoms with Crippen LogP contribution in [0.5, 0.6) is 0 Å². The lowest BCUT2D eigenvalue weighted by molar-refractivity contribution is -0.123. The summed E-state index contributed by atoms with van der Waals surface area (Å²) < 4.78 is 0. The standard InChI is InChI=1S/C11H19N3OS/c1-7(2)6-9(12)10(15)14-8(3)11-13-4-5-16-11/h4-5,7-9H,6,12H2,1-3H3,(H,14,15)/t8?,9-/m0/s1. The molecule has 16 heavy (non-hydrogen) atoms. The van der Waals surface area contributed by atoms with Crippen molar-refractivity contribution >= 4 is 17.2 Å². The van der Waals surface area contributed by atoms with Crippen molar-refractivity contribution in [2.45, 2.75) is 39.3 Å². The summed E-state index contributed by atoms with van der Waals surface area (Å²) in [6.07, 6.45) is 2.44. The maximum absolute atomic E-state index is 11.7. The van der Waals surface area contributed by atoms with Gasteiger partial charge in [0.2, 0.25) is 5.91 Å². The fourth-order valence-corrected chi connectivity index (χ4v) is 2.09. The van der Waals surface area contributed by atoms with E-state index in [0.717, 1.165) is 5.01 Å². The fraction of sp³-hybridized carbons (Fsp3) is 0.636. The van der Waals surface area contributed by atoms with E-state index in [4.69, 9.17) is 5.73 Å². The topological polar surface area (TPSA) is 68.0 Å². The molecule has 1 heterocycles. The van der Waals surface area contributed by atoms with Crippen LogP contribution in [-0.2, 0) is 4.79 Å². The largest absolute Gasteiger partial charge is 0.346 e. The van der Waals surface area contributed by atoms with E-state index in [2.05, 4.69) is 24.1 Å². The van der Waals surface area contributed by atoms with E-state index >= 15 is 0 Å². The van der Waals surface area contributed by atoms with Crippen molar-refractivity contribution in [2.24, 2.45) is 11.7 Å². The number of thiazole rings is 1. The number of nitrogens with one attached hydrogen (secondary N) is 1. The number of nitrogens with two attached hydrogens (primary N) is 1. The molecule has 0 aliphatic rings. The number of amides is 1. The Labute approximate surface area is 100 Å². The molecule has 4 nitrogen and oxygen atoms in total. The summed E-state index contributed by atoms with van der Waals surface area (Å²) in [4.78, 5) is 15.9. The minimum Gasteiger partial charge on any atom is -0.346 e.